The highest BCUT2D eigenvalue weighted by atomic mass is 16.5. The molecule has 1 saturated heterocycles. The first-order valence-electron chi connectivity index (χ1n) is 6.75. The first-order chi connectivity index (χ1) is 8.76. The molecule has 3 heteroatoms. The van der Waals surface area contributed by atoms with E-state index >= 15 is 0 Å². The quantitative estimate of drug-likeness (QED) is 0.870. The predicted molar refractivity (Wildman–Crippen MR) is 72.8 cm³/mol. The fourth-order valence-corrected chi connectivity index (χ4v) is 2.82. The van der Waals surface area contributed by atoms with E-state index in [9.17, 15) is 5.11 Å². The number of hydrogen-bond acceptors (Lipinski definition) is 3. The van der Waals surface area contributed by atoms with Gasteiger partial charge in [-0.1, -0.05) is 19.1 Å². The SMILES string of the molecule is COc1ccc(C(C(C)CO)N2CCCC2)cc1. The van der Waals surface area contributed by atoms with E-state index in [4.69, 9.17) is 4.74 Å². The molecule has 100 valence electrons. The lowest BCUT2D eigenvalue weighted by molar-refractivity contribution is 0.126. The fourth-order valence-electron chi connectivity index (χ4n) is 2.82. The van der Waals surface area contributed by atoms with Crippen LogP contribution in [0, 0.1) is 5.92 Å². The normalized spacial score (nSPS) is 19.7. The number of likely N-dealkylation sites (tertiary alicyclic amines) is 1. The molecular weight excluding hydrogens is 226 g/mol. The van der Waals surface area contributed by atoms with Gasteiger partial charge in [0.25, 0.3) is 0 Å². The van der Waals surface area contributed by atoms with Crippen LogP contribution >= 0.6 is 0 Å². The van der Waals surface area contributed by atoms with Crippen molar-refractivity contribution in [1.29, 1.82) is 0 Å². The van der Waals surface area contributed by atoms with E-state index < -0.39 is 0 Å². The molecule has 0 spiro atoms. The van der Waals surface area contributed by atoms with Crippen LogP contribution in [0.5, 0.6) is 5.75 Å². The van der Waals surface area contributed by atoms with Gasteiger partial charge < -0.3 is 9.84 Å². The fraction of sp³-hybridized carbons (Fsp3) is 0.600. The second-order valence-electron chi connectivity index (χ2n) is 5.12. The van der Waals surface area contributed by atoms with E-state index in [-0.39, 0.29) is 12.5 Å². The summed E-state index contributed by atoms with van der Waals surface area (Å²) in [5.74, 6) is 1.15. The van der Waals surface area contributed by atoms with Crippen molar-refractivity contribution in [2.75, 3.05) is 26.8 Å². The zero-order valence-corrected chi connectivity index (χ0v) is 11.3. The molecule has 1 fully saturated rings. The van der Waals surface area contributed by atoms with Gasteiger partial charge in [0, 0.05) is 12.6 Å². The topological polar surface area (TPSA) is 32.7 Å². The number of aliphatic hydroxyl groups is 1. The van der Waals surface area contributed by atoms with Crippen molar-refractivity contribution in [1.82, 2.24) is 4.90 Å². The van der Waals surface area contributed by atoms with Crippen molar-refractivity contribution >= 4 is 0 Å². The van der Waals surface area contributed by atoms with Crippen LogP contribution in [0.4, 0.5) is 0 Å². The van der Waals surface area contributed by atoms with Crippen molar-refractivity contribution in [2.24, 2.45) is 5.92 Å². The van der Waals surface area contributed by atoms with Crippen LogP contribution in [-0.4, -0.2) is 36.8 Å². The van der Waals surface area contributed by atoms with Gasteiger partial charge in [-0.2, -0.15) is 0 Å². The Balaban J connectivity index is 2.20. The van der Waals surface area contributed by atoms with Crippen LogP contribution in [-0.2, 0) is 0 Å². The summed E-state index contributed by atoms with van der Waals surface area (Å²) in [6.07, 6.45) is 2.54. The molecule has 0 radical (unpaired) electrons. The average Bonchev–Trinajstić information content (AvgIpc) is 2.93. The number of hydrogen-bond donors (Lipinski definition) is 1. The summed E-state index contributed by atoms with van der Waals surface area (Å²) in [4.78, 5) is 2.49. The van der Waals surface area contributed by atoms with Crippen molar-refractivity contribution in [3.8, 4) is 5.75 Å². The lowest BCUT2D eigenvalue weighted by Gasteiger charge is -2.32. The molecule has 1 heterocycles. The van der Waals surface area contributed by atoms with Gasteiger partial charge >= 0.3 is 0 Å². The third kappa shape index (κ3) is 2.85. The number of rotatable bonds is 5. The largest absolute Gasteiger partial charge is 0.497 e. The van der Waals surface area contributed by atoms with Crippen molar-refractivity contribution in [3.05, 3.63) is 29.8 Å². The smallest absolute Gasteiger partial charge is 0.118 e. The first kappa shape index (κ1) is 13.4. The maximum Gasteiger partial charge on any atom is 0.118 e. The summed E-state index contributed by atoms with van der Waals surface area (Å²) in [6, 6.07) is 8.57. The van der Waals surface area contributed by atoms with E-state index in [2.05, 4.69) is 24.0 Å². The zero-order chi connectivity index (χ0) is 13.0. The third-order valence-corrected chi connectivity index (χ3v) is 3.82. The minimum absolute atomic E-state index is 0.229. The van der Waals surface area contributed by atoms with Crippen LogP contribution in [0.2, 0.25) is 0 Å². The molecule has 1 aromatic rings. The number of ether oxygens (including phenoxy) is 1. The molecule has 3 nitrogen and oxygen atoms in total. The Bertz CT molecular complexity index is 357. The molecule has 18 heavy (non-hydrogen) atoms. The van der Waals surface area contributed by atoms with Gasteiger partial charge in [0.15, 0.2) is 0 Å². The molecule has 0 aromatic heterocycles. The molecule has 1 aliphatic heterocycles. The Labute approximate surface area is 109 Å². The highest BCUT2D eigenvalue weighted by Crippen LogP contribution is 2.32. The van der Waals surface area contributed by atoms with Crippen molar-refractivity contribution < 1.29 is 9.84 Å². The first-order valence-corrected chi connectivity index (χ1v) is 6.75. The van der Waals surface area contributed by atoms with Gasteiger partial charge in [0.2, 0.25) is 0 Å². The molecule has 0 aliphatic carbocycles. The van der Waals surface area contributed by atoms with E-state index in [0.29, 0.717) is 6.04 Å². The predicted octanol–water partition coefficient (Wildman–Crippen LogP) is 2.46. The van der Waals surface area contributed by atoms with Crippen LogP contribution in [0.15, 0.2) is 24.3 Å². The number of nitrogens with zero attached hydrogens (tertiary/aromatic N) is 1. The molecule has 2 unspecified atom stereocenters. The minimum Gasteiger partial charge on any atom is -0.497 e. The number of aliphatic hydroxyl groups excluding tert-OH is 1. The Morgan fingerprint density at radius 2 is 1.83 bits per heavy atom. The van der Waals surface area contributed by atoms with E-state index in [0.717, 1.165) is 18.8 Å². The Hall–Kier alpha value is -1.06. The molecule has 2 atom stereocenters. The second-order valence-corrected chi connectivity index (χ2v) is 5.12. The molecule has 2 rings (SSSR count). The van der Waals surface area contributed by atoms with Gasteiger partial charge in [0.1, 0.15) is 5.75 Å². The molecule has 1 aliphatic rings. The third-order valence-electron chi connectivity index (χ3n) is 3.82. The average molecular weight is 249 g/mol. The Morgan fingerprint density at radius 3 is 2.33 bits per heavy atom. The number of benzene rings is 1. The maximum absolute atomic E-state index is 9.48. The number of methoxy groups -OCH3 is 1. The maximum atomic E-state index is 9.48. The van der Waals surface area contributed by atoms with E-state index in [1.165, 1.54) is 18.4 Å². The Morgan fingerprint density at radius 1 is 1.22 bits per heavy atom. The summed E-state index contributed by atoms with van der Waals surface area (Å²) in [5, 5.41) is 9.48. The van der Waals surface area contributed by atoms with Crippen LogP contribution in [0.1, 0.15) is 31.4 Å². The monoisotopic (exact) mass is 249 g/mol. The molecule has 1 aromatic carbocycles. The Kier molecular flexibility index (Phi) is 4.61. The van der Waals surface area contributed by atoms with Gasteiger partial charge in [-0.15, -0.1) is 0 Å². The van der Waals surface area contributed by atoms with Crippen molar-refractivity contribution in [2.45, 2.75) is 25.8 Å². The van der Waals surface area contributed by atoms with Crippen LogP contribution < -0.4 is 4.74 Å². The minimum atomic E-state index is 0.229. The van der Waals surface area contributed by atoms with Gasteiger partial charge in [-0.25, -0.2) is 0 Å². The standard InChI is InChI=1S/C15H23NO2/c1-12(11-17)15(16-9-3-4-10-16)13-5-7-14(18-2)8-6-13/h5-8,12,15,17H,3-4,9-11H2,1-2H3. The molecule has 0 saturated carbocycles. The van der Waals surface area contributed by atoms with Crippen LogP contribution in [0.3, 0.4) is 0 Å². The van der Waals surface area contributed by atoms with Crippen molar-refractivity contribution in [3.63, 3.8) is 0 Å². The van der Waals surface area contributed by atoms with Gasteiger partial charge in [-0.3, -0.25) is 4.90 Å². The summed E-state index contributed by atoms with van der Waals surface area (Å²) in [7, 11) is 1.68. The molecular formula is C15H23NO2. The highest BCUT2D eigenvalue weighted by Gasteiger charge is 2.27. The van der Waals surface area contributed by atoms with Gasteiger partial charge in [0.05, 0.1) is 7.11 Å². The summed E-state index contributed by atoms with van der Waals surface area (Å²) >= 11 is 0. The zero-order valence-electron chi connectivity index (χ0n) is 11.3. The lowest BCUT2D eigenvalue weighted by atomic mass is 9.93. The van der Waals surface area contributed by atoms with E-state index in [1.54, 1.807) is 7.11 Å². The second kappa shape index (κ2) is 6.21. The lowest BCUT2D eigenvalue weighted by Crippen LogP contribution is -2.31. The highest BCUT2D eigenvalue weighted by molar-refractivity contribution is 5.29. The summed E-state index contributed by atoms with van der Waals surface area (Å²) < 4.78 is 5.20. The molecule has 0 amide bonds. The van der Waals surface area contributed by atoms with Gasteiger partial charge in [-0.05, 0) is 49.5 Å². The summed E-state index contributed by atoms with van der Waals surface area (Å²) in [6.45, 7) is 4.63. The van der Waals surface area contributed by atoms with E-state index in [1.807, 2.05) is 12.1 Å². The molecule has 0 bridgehead atoms. The summed E-state index contributed by atoms with van der Waals surface area (Å²) in [5.41, 5.74) is 1.28. The van der Waals surface area contributed by atoms with Crippen LogP contribution in [0.25, 0.3) is 0 Å². The molecule has 1 N–H and O–H groups in total.